The van der Waals surface area contributed by atoms with Crippen LogP contribution in [0.1, 0.15) is 50.5 Å². The minimum Gasteiger partial charge on any atom is -0.489 e. The Balaban J connectivity index is 1.78. The zero-order valence-electron chi connectivity index (χ0n) is 12.1. The molecule has 2 nitrogen and oxygen atoms in total. The summed E-state index contributed by atoms with van der Waals surface area (Å²) in [7, 11) is 0. The van der Waals surface area contributed by atoms with E-state index in [9.17, 15) is 5.11 Å². The smallest absolute Gasteiger partial charge is 0.124 e. The van der Waals surface area contributed by atoms with Crippen molar-refractivity contribution in [1.29, 1.82) is 0 Å². The first-order valence-electron chi connectivity index (χ1n) is 7.73. The van der Waals surface area contributed by atoms with Gasteiger partial charge in [0.15, 0.2) is 0 Å². The van der Waals surface area contributed by atoms with E-state index in [2.05, 4.69) is 0 Å². The molecule has 1 aromatic carbocycles. The summed E-state index contributed by atoms with van der Waals surface area (Å²) in [5.41, 5.74) is 1.10. The van der Waals surface area contributed by atoms with Gasteiger partial charge in [-0.15, -0.1) is 0 Å². The first-order chi connectivity index (χ1) is 9.62. The third kappa shape index (κ3) is 2.44. The standard InChI is InChI=1S/C17H23ClO2/c1-12-6-7-13(18)10-14(12)20-16-11-15(19)17(16)8-4-2-3-5-9-17/h6-7,10,15-16,19H,2-5,8-9,11H2,1H3. The molecule has 0 aromatic heterocycles. The van der Waals surface area contributed by atoms with Gasteiger partial charge >= 0.3 is 0 Å². The molecule has 0 amide bonds. The number of halogens is 1. The van der Waals surface area contributed by atoms with Gasteiger partial charge in [-0.3, -0.25) is 0 Å². The topological polar surface area (TPSA) is 29.5 Å². The van der Waals surface area contributed by atoms with Crippen molar-refractivity contribution in [1.82, 2.24) is 0 Å². The minimum absolute atomic E-state index is 0.00867. The fraction of sp³-hybridized carbons (Fsp3) is 0.647. The average Bonchev–Trinajstić information content (AvgIpc) is 2.70. The zero-order chi connectivity index (χ0) is 14.2. The summed E-state index contributed by atoms with van der Waals surface area (Å²) in [6, 6.07) is 5.78. The maximum Gasteiger partial charge on any atom is 0.124 e. The van der Waals surface area contributed by atoms with Crippen molar-refractivity contribution >= 4 is 11.6 Å². The summed E-state index contributed by atoms with van der Waals surface area (Å²) in [4.78, 5) is 0. The van der Waals surface area contributed by atoms with Gasteiger partial charge in [0.25, 0.3) is 0 Å². The zero-order valence-corrected chi connectivity index (χ0v) is 12.8. The van der Waals surface area contributed by atoms with Crippen LogP contribution in [-0.2, 0) is 0 Å². The van der Waals surface area contributed by atoms with Crippen molar-refractivity contribution in [2.75, 3.05) is 0 Å². The molecule has 3 heteroatoms. The summed E-state index contributed by atoms with van der Waals surface area (Å²) < 4.78 is 6.24. The Labute approximate surface area is 126 Å². The predicted octanol–water partition coefficient (Wildman–Crippen LogP) is 4.50. The molecular weight excluding hydrogens is 272 g/mol. The van der Waals surface area contributed by atoms with Crippen LogP contribution < -0.4 is 4.74 Å². The van der Waals surface area contributed by atoms with Gasteiger partial charge in [-0.25, -0.2) is 0 Å². The molecule has 2 aliphatic rings. The predicted molar refractivity (Wildman–Crippen MR) is 81.4 cm³/mol. The van der Waals surface area contributed by atoms with Crippen LogP contribution in [0.5, 0.6) is 5.75 Å². The van der Waals surface area contributed by atoms with Crippen LogP contribution in [0.4, 0.5) is 0 Å². The third-order valence-corrected chi connectivity index (χ3v) is 5.43. The molecule has 0 aliphatic heterocycles. The Bertz CT molecular complexity index is 478. The second kappa shape index (κ2) is 5.57. The lowest BCUT2D eigenvalue weighted by Gasteiger charge is -2.53. The quantitative estimate of drug-likeness (QED) is 0.870. The number of hydrogen-bond donors (Lipinski definition) is 1. The van der Waals surface area contributed by atoms with Crippen molar-refractivity contribution in [3.8, 4) is 5.75 Å². The van der Waals surface area contributed by atoms with E-state index in [1.807, 2.05) is 25.1 Å². The lowest BCUT2D eigenvalue weighted by molar-refractivity contribution is -0.163. The Kier molecular flexibility index (Phi) is 3.96. The number of aliphatic hydroxyl groups excluding tert-OH is 1. The number of aliphatic hydroxyl groups is 1. The highest BCUT2D eigenvalue weighted by atomic mass is 35.5. The van der Waals surface area contributed by atoms with E-state index in [0.717, 1.165) is 30.6 Å². The second-order valence-electron chi connectivity index (χ2n) is 6.42. The van der Waals surface area contributed by atoms with Crippen molar-refractivity contribution in [3.63, 3.8) is 0 Å². The first kappa shape index (κ1) is 14.2. The van der Waals surface area contributed by atoms with Crippen LogP contribution >= 0.6 is 11.6 Å². The van der Waals surface area contributed by atoms with Crippen molar-refractivity contribution < 1.29 is 9.84 Å². The molecule has 2 atom stereocenters. The summed E-state index contributed by atoms with van der Waals surface area (Å²) in [6.45, 7) is 2.04. The molecule has 0 bridgehead atoms. The number of aryl methyl sites for hydroxylation is 1. The van der Waals surface area contributed by atoms with Crippen LogP contribution in [0.2, 0.25) is 5.02 Å². The van der Waals surface area contributed by atoms with Crippen molar-refractivity contribution in [3.05, 3.63) is 28.8 Å². The van der Waals surface area contributed by atoms with E-state index >= 15 is 0 Å². The van der Waals surface area contributed by atoms with Crippen LogP contribution in [-0.4, -0.2) is 17.3 Å². The molecule has 1 aromatic rings. The lowest BCUT2D eigenvalue weighted by Crippen LogP contribution is -2.59. The third-order valence-electron chi connectivity index (χ3n) is 5.20. The van der Waals surface area contributed by atoms with Gasteiger partial charge in [-0.1, -0.05) is 43.4 Å². The molecule has 2 unspecified atom stereocenters. The highest BCUT2D eigenvalue weighted by Gasteiger charge is 2.55. The monoisotopic (exact) mass is 294 g/mol. The van der Waals surface area contributed by atoms with Gasteiger partial charge in [0, 0.05) is 16.9 Å². The Morgan fingerprint density at radius 2 is 1.90 bits per heavy atom. The average molecular weight is 295 g/mol. The van der Waals surface area contributed by atoms with Gasteiger partial charge in [0.1, 0.15) is 11.9 Å². The lowest BCUT2D eigenvalue weighted by atomic mass is 9.59. The normalized spacial score (nSPS) is 28.8. The van der Waals surface area contributed by atoms with Gasteiger partial charge in [0.2, 0.25) is 0 Å². The molecule has 1 N–H and O–H groups in total. The van der Waals surface area contributed by atoms with Crippen LogP contribution in [0.3, 0.4) is 0 Å². The maximum atomic E-state index is 10.3. The summed E-state index contributed by atoms with van der Waals surface area (Å²) in [5, 5.41) is 11.0. The van der Waals surface area contributed by atoms with Gasteiger partial charge in [0.05, 0.1) is 6.10 Å². The van der Waals surface area contributed by atoms with Crippen molar-refractivity contribution in [2.24, 2.45) is 5.41 Å². The molecule has 0 radical (unpaired) electrons. The van der Waals surface area contributed by atoms with E-state index in [1.54, 1.807) is 0 Å². The fourth-order valence-electron chi connectivity index (χ4n) is 3.79. The van der Waals surface area contributed by atoms with Gasteiger partial charge in [-0.05, 0) is 37.5 Å². The van der Waals surface area contributed by atoms with Gasteiger partial charge in [-0.2, -0.15) is 0 Å². The largest absolute Gasteiger partial charge is 0.489 e. The molecule has 2 saturated carbocycles. The fourth-order valence-corrected chi connectivity index (χ4v) is 3.95. The number of benzene rings is 1. The van der Waals surface area contributed by atoms with Crippen molar-refractivity contribution in [2.45, 2.75) is 64.1 Å². The van der Waals surface area contributed by atoms with E-state index in [4.69, 9.17) is 16.3 Å². The molecule has 1 spiro atoms. The highest BCUT2D eigenvalue weighted by Crippen LogP contribution is 2.52. The van der Waals surface area contributed by atoms with Crippen LogP contribution in [0.25, 0.3) is 0 Å². The molecule has 2 aliphatic carbocycles. The van der Waals surface area contributed by atoms with Crippen LogP contribution in [0.15, 0.2) is 18.2 Å². The number of ether oxygens (including phenoxy) is 1. The number of rotatable bonds is 2. The Hall–Kier alpha value is -0.730. The molecule has 0 heterocycles. The minimum atomic E-state index is -0.190. The van der Waals surface area contributed by atoms with Gasteiger partial charge < -0.3 is 9.84 Å². The molecule has 2 fully saturated rings. The molecule has 3 rings (SSSR count). The van der Waals surface area contributed by atoms with E-state index in [1.165, 1.54) is 25.7 Å². The van der Waals surface area contributed by atoms with E-state index < -0.39 is 0 Å². The summed E-state index contributed by atoms with van der Waals surface area (Å²) in [6.07, 6.45) is 7.91. The maximum absolute atomic E-state index is 10.3. The first-order valence-corrected chi connectivity index (χ1v) is 8.10. The Morgan fingerprint density at radius 1 is 1.20 bits per heavy atom. The highest BCUT2D eigenvalue weighted by molar-refractivity contribution is 6.30. The second-order valence-corrected chi connectivity index (χ2v) is 6.85. The number of hydrogen-bond acceptors (Lipinski definition) is 2. The van der Waals surface area contributed by atoms with E-state index in [0.29, 0.717) is 5.02 Å². The van der Waals surface area contributed by atoms with E-state index in [-0.39, 0.29) is 17.6 Å². The molecule has 20 heavy (non-hydrogen) atoms. The Morgan fingerprint density at radius 3 is 2.55 bits per heavy atom. The molecular formula is C17H23ClO2. The summed E-state index contributed by atoms with van der Waals surface area (Å²) in [5.74, 6) is 0.873. The van der Waals surface area contributed by atoms with Crippen LogP contribution in [0, 0.1) is 12.3 Å². The molecule has 110 valence electrons. The SMILES string of the molecule is Cc1ccc(Cl)cc1OC1CC(O)C12CCCCCC2. The molecule has 0 saturated heterocycles. The summed E-state index contributed by atoms with van der Waals surface area (Å²) >= 11 is 6.06.